The summed E-state index contributed by atoms with van der Waals surface area (Å²) in [6, 6.07) is 7.50. The summed E-state index contributed by atoms with van der Waals surface area (Å²) < 4.78 is 13.0. The molecule has 1 aromatic rings. The Morgan fingerprint density at radius 2 is 1.57 bits per heavy atom. The number of hydrogen-bond donors (Lipinski definition) is 1. The van der Waals surface area contributed by atoms with Gasteiger partial charge in [-0.05, 0) is 86.3 Å². The second-order valence-electron chi connectivity index (χ2n) is 8.01. The molecular formula is C19H26FN. The Labute approximate surface area is 127 Å². The van der Waals surface area contributed by atoms with E-state index < -0.39 is 0 Å². The first-order chi connectivity index (χ1) is 10.1. The van der Waals surface area contributed by atoms with Crippen molar-refractivity contribution in [2.24, 2.45) is 23.2 Å². The molecule has 114 valence electrons. The lowest BCUT2D eigenvalue weighted by Gasteiger charge is -2.59. The van der Waals surface area contributed by atoms with Gasteiger partial charge < -0.3 is 5.32 Å². The lowest BCUT2D eigenvalue weighted by molar-refractivity contribution is -0.0706. The van der Waals surface area contributed by atoms with Gasteiger partial charge in [-0.2, -0.15) is 0 Å². The Kier molecular flexibility index (Phi) is 3.33. The van der Waals surface area contributed by atoms with Crippen LogP contribution in [0.1, 0.15) is 51.0 Å². The summed E-state index contributed by atoms with van der Waals surface area (Å²) in [6.07, 6.45) is 8.83. The lowest BCUT2D eigenvalue weighted by Crippen LogP contribution is -2.54. The molecule has 1 N–H and O–H groups in total. The van der Waals surface area contributed by atoms with Crippen molar-refractivity contribution >= 4 is 0 Å². The smallest absolute Gasteiger partial charge is 0.123 e. The van der Waals surface area contributed by atoms with Crippen molar-refractivity contribution < 1.29 is 4.39 Å². The van der Waals surface area contributed by atoms with E-state index in [0.717, 1.165) is 24.3 Å². The molecule has 0 unspecified atom stereocenters. The predicted molar refractivity (Wildman–Crippen MR) is 83.3 cm³/mol. The van der Waals surface area contributed by atoms with Crippen LogP contribution in [0.25, 0.3) is 0 Å². The zero-order valence-electron chi connectivity index (χ0n) is 12.9. The van der Waals surface area contributed by atoms with Crippen LogP contribution in [0.4, 0.5) is 4.39 Å². The highest BCUT2D eigenvalue weighted by Gasteiger charge is 2.52. The third kappa shape index (κ3) is 2.52. The Balaban J connectivity index is 1.42. The number of rotatable bonds is 4. The van der Waals surface area contributed by atoms with Crippen LogP contribution in [0.15, 0.2) is 24.3 Å². The van der Waals surface area contributed by atoms with Crippen LogP contribution < -0.4 is 5.32 Å². The van der Waals surface area contributed by atoms with Crippen LogP contribution >= 0.6 is 0 Å². The van der Waals surface area contributed by atoms with Crippen LogP contribution in [0.2, 0.25) is 0 Å². The fourth-order valence-corrected chi connectivity index (χ4v) is 5.80. The highest BCUT2D eigenvalue weighted by Crippen LogP contribution is 2.61. The zero-order chi connectivity index (χ0) is 14.4. The molecule has 0 aromatic heterocycles. The molecule has 4 aliphatic carbocycles. The van der Waals surface area contributed by atoms with Gasteiger partial charge in [0.05, 0.1) is 0 Å². The van der Waals surface area contributed by atoms with E-state index in [0.29, 0.717) is 11.5 Å². The molecular weight excluding hydrogens is 261 g/mol. The lowest BCUT2D eigenvalue weighted by atomic mass is 9.48. The van der Waals surface area contributed by atoms with Crippen molar-refractivity contribution in [2.45, 2.75) is 58.0 Å². The topological polar surface area (TPSA) is 12.0 Å². The van der Waals surface area contributed by atoms with Crippen molar-refractivity contribution in [3.63, 3.8) is 0 Å². The molecule has 5 rings (SSSR count). The van der Waals surface area contributed by atoms with Gasteiger partial charge in [0.2, 0.25) is 0 Å². The van der Waals surface area contributed by atoms with E-state index in [2.05, 4.69) is 12.2 Å². The third-order valence-electron chi connectivity index (χ3n) is 6.53. The fraction of sp³-hybridized carbons (Fsp3) is 0.684. The van der Waals surface area contributed by atoms with Gasteiger partial charge in [0.1, 0.15) is 5.82 Å². The number of halogens is 1. The molecule has 4 bridgehead atoms. The molecule has 1 nitrogen and oxygen atoms in total. The molecule has 1 aromatic carbocycles. The van der Waals surface area contributed by atoms with Crippen molar-refractivity contribution in [1.82, 2.24) is 5.32 Å². The standard InChI is InChI=1S/C19H26FN/c1-13(21-12-14-2-4-18(20)5-3-14)19-9-15-6-16(10-19)8-17(7-15)11-19/h2-5,13,15-17,21H,6-12H2,1H3/t13-,15?,16?,17?,19?/m1/s1. The SMILES string of the molecule is C[C@@H](NCc1ccc(F)cc1)C12CC3CC(CC(C3)C1)C2. The molecule has 21 heavy (non-hydrogen) atoms. The summed E-state index contributed by atoms with van der Waals surface area (Å²) in [5.41, 5.74) is 1.74. The maximum absolute atomic E-state index is 13.0. The molecule has 0 radical (unpaired) electrons. The Bertz CT molecular complexity index is 472. The molecule has 0 amide bonds. The van der Waals surface area contributed by atoms with Gasteiger partial charge in [-0.25, -0.2) is 4.39 Å². The van der Waals surface area contributed by atoms with Crippen molar-refractivity contribution in [1.29, 1.82) is 0 Å². The summed E-state index contributed by atoms with van der Waals surface area (Å²) in [4.78, 5) is 0. The van der Waals surface area contributed by atoms with Crippen molar-refractivity contribution in [3.05, 3.63) is 35.6 Å². The summed E-state index contributed by atoms with van der Waals surface area (Å²) in [5.74, 6) is 2.87. The summed E-state index contributed by atoms with van der Waals surface area (Å²) >= 11 is 0. The summed E-state index contributed by atoms with van der Waals surface area (Å²) in [5, 5.41) is 3.75. The maximum atomic E-state index is 13.0. The van der Waals surface area contributed by atoms with Crippen molar-refractivity contribution in [2.75, 3.05) is 0 Å². The van der Waals surface area contributed by atoms with E-state index in [4.69, 9.17) is 0 Å². The van der Waals surface area contributed by atoms with Crippen LogP contribution in [-0.4, -0.2) is 6.04 Å². The Morgan fingerprint density at radius 1 is 1.05 bits per heavy atom. The summed E-state index contributed by atoms with van der Waals surface area (Å²) in [7, 11) is 0. The molecule has 0 aliphatic heterocycles. The minimum absolute atomic E-state index is 0.145. The van der Waals surface area contributed by atoms with Crippen molar-refractivity contribution in [3.8, 4) is 0 Å². The average Bonchev–Trinajstić information content (AvgIpc) is 2.45. The van der Waals surface area contributed by atoms with Crippen LogP contribution in [0.5, 0.6) is 0 Å². The second kappa shape index (κ2) is 5.08. The highest BCUT2D eigenvalue weighted by atomic mass is 19.1. The first-order valence-electron chi connectivity index (χ1n) is 8.61. The molecule has 2 heteroatoms. The first-order valence-corrected chi connectivity index (χ1v) is 8.61. The zero-order valence-corrected chi connectivity index (χ0v) is 12.9. The van der Waals surface area contributed by atoms with Gasteiger partial charge in [0.25, 0.3) is 0 Å². The molecule has 4 aliphatic rings. The van der Waals surface area contributed by atoms with E-state index in [1.165, 1.54) is 44.1 Å². The maximum Gasteiger partial charge on any atom is 0.123 e. The Morgan fingerprint density at radius 3 is 2.10 bits per heavy atom. The third-order valence-corrected chi connectivity index (χ3v) is 6.53. The summed E-state index contributed by atoms with van der Waals surface area (Å²) in [6.45, 7) is 3.25. The van der Waals surface area contributed by atoms with Gasteiger partial charge in [-0.1, -0.05) is 12.1 Å². The van der Waals surface area contributed by atoms with Crippen LogP contribution in [0.3, 0.4) is 0 Å². The Hall–Kier alpha value is -0.890. The molecule has 1 atom stereocenters. The van der Waals surface area contributed by atoms with Gasteiger partial charge in [0.15, 0.2) is 0 Å². The average molecular weight is 287 g/mol. The predicted octanol–water partition coefficient (Wildman–Crippen LogP) is 4.52. The van der Waals surface area contributed by atoms with E-state index in [9.17, 15) is 4.39 Å². The molecule has 0 saturated heterocycles. The van der Waals surface area contributed by atoms with E-state index >= 15 is 0 Å². The fourth-order valence-electron chi connectivity index (χ4n) is 5.80. The van der Waals surface area contributed by atoms with Gasteiger partial charge in [-0.15, -0.1) is 0 Å². The minimum Gasteiger partial charge on any atom is -0.310 e. The molecule has 0 spiro atoms. The minimum atomic E-state index is -0.145. The highest BCUT2D eigenvalue weighted by molar-refractivity contribution is 5.16. The number of nitrogens with one attached hydrogen (secondary N) is 1. The quantitative estimate of drug-likeness (QED) is 0.858. The molecule has 4 fully saturated rings. The second-order valence-corrected chi connectivity index (χ2v) is 8.01. The monoisotopic (exact) mass is 287 g/mol. The van der Waals surface area contributed by atoms with E-state index in [1.807, 2.05) is 12.1 Å². The molecule has 0 heterocycles. The molecule has 4 saturated carbocycles. The van der Waals surface area contributed by atoms with Gasteiger partial charge in [0, 0.05) is 12.6 Å². The van der Waals surface area contributed by atoms with E-state index in [-0.39, 0.29) is 5.82 Å². The largest absolute Gasteiger partial charge is 0.310 e. The first kappa shape index (κ1) is 13.8. The van der Waals surface area contributed by atoms with Gasteiger partial charge in [-0.3, -0.25) is 0 Å². The normalized spacial score (nSPS) is 38.7. The van der Waals surface area contributed by atoms with Gasteiger partial charge >= 0.3 is 0 Å². The number of benzene rings is 1. The number of hydrogen-bond acceptors (Lipinski definition) is 1. The van der Waals surface area contributed by atoms with Crippen LogP contribution in [0, 0.1) is 29.0 Å². The van der Waals surface area contributed by atoms with E-state index in [1.54, 1.807) is 12.1 Å². The van der Waals surface area contributed by atoms with Crippen LogP contribution in [-0.2, 0) is 6.54 Å².